The minimum atomic E-state index is -3.84. The molecule has 0 fully saturated rings. The van der Waals surface area contributed by atoms with Crippen molar-refractivity contribution in [1.82, 2.24) is 9.62 Å². The third-order valence-electron chi connectivity index (χ3n) is 7.88. The van der Waals surface area contributed by atoms with Gasteiger partial charge < -0.3 is 15.5 Å². The standard InChI is InChI=1S/C33H42N2O5S/c1-4-35(23-30(36)22-34-33(2,3)21-25-18-26-10-5-6-11-27(26)19-25)41(39,40)31-14-8-13-29(20-31)28-12-7-9-24(17-28)15-16-32(37)38/h5-14,17,20,25,30,34,36H,4,15-16,18-19,21-23H2,1-3H3,(H,37,38)/t30-/m1/s1. The van der Waals surface area contributed by atoms with E-state index in [1.165, 1.54) is 15.4 Å². The van der Waals surface area contributed by atoms with E-state index in [9.17, 15) is 18.3 Å². The molecule has 3 aromatic carbocycles. The van der Waals surface area contributed by atoms with Gasteiger partial charge in [0.25, 0.3) is 0 Å². The summed E-state index contributed by atoms with van der Waals surface area (Å²) in [4.78, 5) is 11.1. The van der Waals surface area contributed by atoms with Gasteiger partial charge >= 0.3 is 5.97 Å². The van der Waals surface area contributed by atoms with Gasteiger partial charge in [0.05, 0.1) is 11.0 Å². The molecule has 1 aliphatic rings. The minimum Gasteiger partial charge on any atom is -0.481 e. The second-order valence-corrected chi connectivity index (χ2v) is 13.7. The summed E-state index contributed by atoms with van der Waals surface area (Å²) in [6.07, 6.45) is 2.68. The van der Waals surface area contributed by atoms with Crippen LogP contribution in [0.4, 0.5) is 0 Å². The van der Waals surface area contributed by atoms with Crippen LogP contribution in [0.15, 0.2) is 77.7 Å². The van der Waals surface area contributed by atoms with E-state index in [4.69, 9.17) is 5.11 Å². The summed E-state index contributed by atoms with van der Waals surface area (Å²) in [6, 6.07) is 22.9. The van der Waals surface area contributed by atoms with Gasteiger partial charge in [-0.3, -0.25) is 4.79 Å². The third-order valence-corrected chi connectivity index (χ3v) is 9.81. The number of aryl methyl sites for hydroxylation is 1. The number of carboxylic acids is 1. The largest absolute Gasteiger partial charge is 0.481 e. The van der Waals surface area contributed by atoms with Crippen molar-refractivity contribution in [3.05, 3.63) is 89.5 Å². The van der Waals surface area contributed by atoms with Gasteiger partial charge in [-0.05, 0) is 85.4 Å². The molecule has 0 saturated heterocycles. The molecule has 3 N–H and O–H groups in total. The van der Waals surface area contributed by atoms with Crippen molar-refractivity contribution >= 4 is 16.0 Å². The highest BCUT2D eigenvalue weighted by molar-refractivity contribution is 7.89. The van der Waals surface area contributed by atoms with Gasteiger partial charge in [-0.2, -0.15) is 4.31 Å². The van der Waals surface area contributed by atoms with Gasteiger partial charge in [-0.15, -0.1) is 0 Å². The number of benzene rings is 3. The lowest BCUT2D eigenvalue weighted by Gasteiger charge is -2.31. The average molecular weight is 579 g/mol. The molecule has 0 heterocycles. The zero-order chi connectivity index (χ0) is 29.6. The van der Waals surface area contributed by atoms with Crippen LogP contribution in [0.5, 0.6) is 0 Å². The zero-order valence-corrected chi connectivity index (χ0v) is 25.0. The molecule has 0 spiro atoms. The van der Waals surface area contributed by atoms with E-state index in [0.717, 1.165) is 36.0 Å². The summed E-state index contributed by atoms with van der Waals surface area (Å²) in [5, 5.41) is 23.3. The molecule has 0 aromatic heterocycles. The number of carbonyl (C=O) groups is 1. The van der Waals surface area contributed by atoms with Crippen molar-refractivity contribution in [2.45, 2.75) is 69.4 Å². The monoisotopic (exact) mass is 578 g/mol. The lowest BCUT2D eigenvalue weighted by atomic mass is 9.88. The van der Waals surface area contributed by atoms with Crippen LogP contribution in [0.2, 0.25) is 0 Å². The fourth-order valence-corrected chi connectivity index (χ4v) is 7.35. The van der Waals surface area contributed by atoms with E-state index >= 15 is 0 Å². The lowest BCUT2D eigenvalue weighted by Crippen LogP contribution is -2.48. The summed E-state index contributed by atoms with van der Waals surface area (Å²) in [6.45, 7) is 6.57. The maximum atomic E-state index is 13.6. The molecule has 1 atom stereocenters. The van der Waals surface area contributed by atoms with Gasteiger partial charge in [0, 0.05) is 31.6 Å². The van der Waals surface area contributed by atoms with Crippen LogP contribution in [0.25, 0.3) is 11.1 Å². The number of nitrogens with zero attached hydrogens (tertiary/aromatic N) is 1. The van der Waals surface area contributed by atoms with Crippen molar-refractivity contribution in [1.29, 1.82) is 0 Å². The molecule has 4 rings (SSSR count). The van der Waals surface area contributed by atoms with E-state index in [1.807, 2.05) is 30.3 Å². The molecule has 220 valence electrons. The molecular formula is C33H42N2O5S. The number of hydrogen-bond donors (Lipinski definition) is 3. The fourth-order valence-electron chi connectivity index (χ4n) is 5.82. The van der Waals surface area contributed by atoms with Crippen molar-refractivity contribution < 1.29 is 23.4 Å². The van der Waals surface area contributed by atoms with Gasteiger partial charge in [0.2, 0.25) is 10.0 Å². The number of sulfonamides is 1. The summed E-state index contributed by atoms with van der Waals surface area (Å²) >= 11 is 0. The lowest BCUT2D eigenvalue weighted by molar-refractivity contribution is -0.136. The molecule has 0 aliphatic heterocycles. The molecule has 41 heavy (non-hydrogen) atoms. The van der Waals surface area contributed by atoms with Gasteiger partial charge in [-0.1, -0.05) is 67.6 Å². The number of nitrogens with one attached hydrogen (secondary N) is 1. The SMILES string of the molecule is CCN(C[C@H](O)CNC(C)(C)CC1Cc2ccccc2C1)S(=O)(=O)c1cccc(-c2cccc(CCC(=O)O)c2)c1. The number of rotatable bonds is 14. The van der Waals surface area contributed by atoms with Crippen LogP contribution in [0, 0.1) is 5.92 Å². The maximum Gasteiger partial charge on any atom is 0.303 e. The first kappa shape index (κ1) is 30.9. The van der Waals surface area contributed by atoms with Crippen LogP contribution in [-0.4, -0.2) is 60.2 Å². The van der Waals surface area contributed by atoms with Gasteiger partial charge in [0.1, 0.15) is 0 Å². The minimum absolute atomic E-state index is 0.00825. The molecular weight excluding hydrogens is 536 g/mol. The van der Waals surface area contributed by atoms with Crippen LogP contribution in [0.1, 0.15) is 50.3 Å². The quantitative estimate of drug-likeness (QED) is 0.251. The van der Waals surface area contributed by atoms with E-state index in [-0.39, 0.29) is 29.9 Å². The Morgan fingerprint density at radius 3 is 2.27 bits per heavy atom. The Morgan fingerprint density at radius 2 is 1.63 bits per heavy atom. The normalized spacial score (nSPS) is 14.8. The highest BCUT2D eigenvalue weighted by Gasteiger charge is 2.30. The number of aliphatic carboxylic acids is 1. The summed E-state index contributed by atoms with van der Waals surface area (Å²) in [7, 11) is -3.84. The Bertz CT molecular complexity index is 1430. The molecule has 1 aliphatic carbocycles. The molecule has 8 heteroatoms. The smallest absolute Gasteiger partial charge is 0.303 e. The first-order valence-corrected chi connectivity index (χ1v) is 15.8. The molecule has 0 amide bonds. The van der Waals surface area contributed by atoms with Crippen molar-refractivity contribution in [2.24, 2.45) is 5.92 Å². The number of carboxylic acid groups (broad SMARTS) is 1. The van der Waals surface area contributed by atoms with E-state index in [0.29, 0.717) is 18.9 Å². The highest BCUT2D eigenvalue weighted by Crippen LogP contribution is 2.32. The molecule has 0 unspecified atom stereocenters. The van der Waals surface area contributed by atoms with E-state index in [2.05, 4.69) is 43.4 Å². The first-order valence-electron chi connectivity index (χ1n) is 14.4. The highest BCUT2D eigenvalue weighted by atomic mass is 32.2. The second-order valence-electron chi connectivity index (χ2n) is 11.7. The van der Waals surface area contributed by atoms with E-state index in [1.54, 1.807) is 25.1 Å². The number of aliphatic hydroxyl groups excluding tert-OH is 1. The Hall–Kier alpha value is -3.04. The number of fused-ring (bicyclic) bond motifs is 1. The predicted octanol–water partition coefficient (Wildman–Crippen LogP) is 4.92. The van der Waals surface area contributed by atoms with Crippen LogP contribution >= 0.6 is 0 Å². The van der Waals surface area contributed by atoms with Crippen molar-refractivity contribution in [3.8, 4) is 11.1 Å². The number of hydrogen-bond acceptors (Lipinski definition) is 5. The topological polar surface area (TPSA) is 107 Å². The second kappa shape index (κ2) is 13.3. The van der Waals surface area contributed by atoms with Crippen LogP contribution in [-0.2, 0) is 34.1 Å². The molecule has 0 bridgehead atoms. The first-order chi connectivity index (χ1) is 19.5. The maximum absolute atomic E-state index is 13.6. The Balaban J connectivity index is 1.37. The Labute approximate surface area is 244 Å². The zero-order valence-electron chi connectivity index (χ0n) is 24.2. The third kappa shape index (κ3) is 8.26. The van der Waals surface area contributed by atoms with Crippen LogP contribution in [0.3, 0.4) is 0 Å². The van der Waals surface area contributed by atoms with E-state index < -0.39 is 22.1 Å². The Morgan fingerprint density at radius 1 is 1.00 bits per heavy atom. The van der Waals surface area contributed by atoms with Crippen LogP contribution < -0.4 is 5.32 Å². The summed E-state index contributed by atoms with van der Waals surface area (Å²) < 4.78 is 28.5. The fraction of sp³-hybridized carbons (Fsp3) is 0.424. The molecule has 0 saturated carbocycles. The van der Waals surface area contributed by atoms with Crippen molar-refractivity contribution in [2.75, 3.05) is 19.6 Å². The summed E-state index contributed by atoms with van der Waals surface area (Å²) in [5.41, 5.74) is 5.09. The number of β-amino-alcohol motifs (C(OH)–C–C–N with tert-alkyl or cyclic N) is 1. The Kier molecular flexibility index (Phi) is 10.0. The van der Waals surface area contributed by atoms with Crippen molar-refractivity contribution in [3.63, 3.8) is 0 Å². The number of likely N-dealkylation sites (N-methyl/N-ethyl adjacent to an activating group) is 1. The van der Waals surface area contributed by atoms with Gasteiger partial charge in [0.15, 0.2) is 0 Å². The molecule has 3 aromatic rings. The van der Waals surface area contributed by atoms with Gasteiger partial charge in [-0.25, -0.2) is 8.42 Å². The average Bonchev–Trinajstić information content (AvgIpc) is 3.35. The number of aliphatic hydroxyl groups is 1. The predicted molar refractivity (Wildman–Crippen MR) is 162 cm³/mol. The molecule has 7 nitrogen and oxygen atoms in total. The summed E-state index contributed by atoms with van der Waals surface area (Å²) in [5.74, 6) is -0.311. The molecule has 0 radical (unpaired) electrons.